The van der Waals surface area contributed by atoms with Gasteiger partial charge in [0, 0.05) is 25.0 Å². The molecule has 112 valence electrons. The molecule has 20 heavy (non-hydrogen) atoms. The predicted octanol–water partition coefficient (Wildman–Crippen LogP) is 2.32. The van der Waals surface area contributed by atoms with E-state index in [-0.39, 0.29) is 0 Å². The van der Waals surface area contributed by atoms with Gasteiger partial charge in [-0.2, -0.15) is 0 Å². The van der Waals surface area contributed by atoms with Gasteiger partial charge in [0.1, 0.15) is 5.60 Å². The van der Waals surface area contributed by atoms with Crippen molar-refractivity contribution < 1.29 is 14.3 Å². The molecule has 2 rings (SSSR count). The van der Waals surface area contributed by atoms with E-state index < -0.39 is 11.7 Å². The van der Waals surface area contributed by atoms with E-state index in [1.807, 2.05) is 26.2 Å². The topological polar surface area (TPSA) is 63.7 Å². The van der Waals surface area contributed by atoms with Crippen LogP contribution >= 0.6 is 11.3 Å². The zero-order valence-corrected chi connectivity index (χ0v) is 13.0. The molecule has 1 amide bonds. The minimum Gasteiger partial charge on any atom is -0.444 e. The normalized spacial score (nSPS) is 16.9. The van der Waals surface area contributed by atoms with Crippen molar-refractivity contribution in [3.8, 4) is 0 Å². The van der Waals surface area contributed by atoms with Gasteiger partial charge in [0.25, 0.3) is 0 Å². The third-order valence-electron chi connectivity index (χ3n) is 2.65. The summed E-state index contributed by atoms with van der Waals surface area (Å²) in [5.74, 6) is 0. The quantitative estimate of drug-likeness (QED) is 0.928. The highest BCUT2D eigenvalue weighted by atomic mass is 32.1. The molecule has 0 atom stereocenters. The van der Waals surface area contributed by atoms with Crippen LogP contribution in [0.4, 0.5) is 9.93 Å². The molecule has 1 aliphatic rings. The monoisotopic (exact) mass is 299 g/mol. The van der Waals surface area contributed by atoms with Crippen molar-refractivity contribution in [1.82, 2.24) is 9.88 Å². The Balaban J connectivity index is 1.84. The van der Waals surface area contributed by atoms with Crippen molar-refractivity contribution >= 4 is 22.6 Å². The summed E-state index contributed by atoms with van der Waals surface area (Å²) in [4.78, 5) is 18.3. The zero-order chi connectivity index (χ0) is 14.6. The van der Waals surface area contributed by atoms with Gasteiger partial charge in [-0.15, -0.1) is 11.3 Å². The Labute approximate surface area is 123 Å². The molecule has 1 fully saturated rings. The van der Waals surface area contributed by atoms with Gasteiger partial charge in [-0.1, -0.05) is 0 Å². The lowest BCUT2D eigenvalue weighted by Crippen LogP contribution is -2.35. The fourth-order valence-electron chi connectivity index (χ4n) is 1.82. The van der Waals surface area contributed by atoms with Crippen LogP contribution in [-0.2, 0) is 16.0 Å². The summed E-state index contributed by atoms with van der Waals surface area (Å²) >= 11 is 1.41. The fourth-order valence-corrected chi connectivity index (χ4v) is 2.50. The second-order valence-corrected chi connectivity index (χ2v) is 6.52. The number of rotatable bonds is 3. The van der Waals surface area contributed by atoms with Gasteiger partial charge in [-0.05, 0) is 20.8 Å². The third kappa shape index (κ3) is 5.07. The summed E-state index contributed by atoms with van der Waals surface area (Å²) in [6, 6.07) is 0. The van der Waals surface area contributed by atoms with Crippen LogP contribution in [-0.4, -0.2) is 47.9 Å². The van der Waals surface area contributed by atoms with Crippen molar-refractivity contribution in [1.29, 1.82) is 0 Å². The molecule has 2 heterocycles. The van der Waals surface area contributed by atoms with Crippen molar-refractivity contribution in [3.63, 3.8) is 0 Å². The van der Waals surface area contributed by atoms with Gasteiger partial charge in [0.15, 0.2) is 5.13 Å². The van der Waals surface area contributed by atoms with E-state index in [0.29, 0.717) is 5.13 Å². The molecule has 0 saturated carbocycles. The first-order chi connectivity index (χ1) is 9.42. The maximum absolute atomic E-state index is 11.6. The predicted molar refractivity (Wildman–Crippen MR) is 78.1 cm³/mol. The maximum Gasteiger partial charge on any atom is 0.413 e. The van der Waals surface area contributed by atoms with Crippen LogP contribution in [0.15, 0.2) is 5.38 Å². The molecule has 0 aliphatic carbocycles. The van der Waals surface area contributed by atoms with Crippen LogP contribution in [0.2, 0.25) is 0 Å². The second-order valence-electron chi connectivity index (χ2n) is 5.66. The van der Waals surface area contributed by atoms with Crippen LogP contribution in [0, 0.1) is 0 Å². The average Bonchev–Trinajstić information content (AvgIpc) is 2.75. The number of nitrogens with one attached hydrogen (secondary N) is 1. The van der Waals surface area contributed by atoms with Gasteiger partial charge < -0.3 is 9.47 Å². The zero-order valence-electron chi connectivity index (χ0n) is 12.1. The van der Waals surface area contributed by atoms with E-state index >= 15 is 0 Å². The van der Waals surface area contributed by atoms with E-state index in [1.54, 1.807) is 0 Å². The number of amides is 1. The third-order valence-corrected chi connectivity index (χ3v) is 3.46. The van der Waals surface area contributed by atoms with E-state index in [0.717, 1.165) is 38.5 Å². The molecule has 0 aromatic carbocycles. The average molecular weight is 299 g/mol. The van der Waals surface area contributed by atoms with Crippen LogP contribution in [0.3, 0.4) is 0 Å². The molecule has 1 aromatic heterocycles. The highest BCUT2D eigenvalue weighted by Gasteiger charge is 2.18. The Bertz CT molecular complexity index is 450. The fraction of sp³-hybridized carbons (Fsp3) is 0.692. The molecule has 0 bridgehead atoms. The second kappa shape index (κ2) is 6.51. The number of hydrogen-bond donors (Lipinski definition) is 1. The Morgan fingerprint density at radius 2 is 2.20 bits per heavy atom. The van der Waals surface area contributed by atoms with Crippen molar-refractivity contribution in [2.24, 2.45) is 0 Å². The van der Waals surface area contributed by atoms with Gasteiger partial charge in [-0.3, -0.25) is 10.2 Å². The SMILES string of the molecule is CC(C)(C)OC(=O)Nc1nc(CN2CCOCC2)cs1. The Morgan fingerprint density at radius 3 is 2.85 bits per heavy atom. The minimum atomic E-state index is -0.502. The molecule has 0 spiro atoms. The van der Waals surface area contributed by atoms with Gasteiger partial charge in [0.05, 0.1) is 18.9 Å². The number of thiazole rings is 1. The van der Waals surface area contributed by atoms with Gasteiger partial charge in [0.2, 0.25) is 0 Å². The molecule has 1 aliphatic heterocycles. The number of nitrogens with zero attached hydrogens (tertiary/aromatic N) is 2. The first-order valence-corrected chi connectivity index (χ1v) is 7.55. The summed E-state index contributed by atoms with van der Waals surface area (Å²) in [5.41, 5.74) is 0.459. The smallest absolute Gasteiger partial charge is 0.413 e. The van der Waals surface area contributed by atoms with Crippen molar-refractivity contribution in [3.05, 3.63) is 11.1 Å². The van der Waals surface area contributed by atoms with Crippen molar-refractivity contribution in [2.75, 3.05) is 31.6 Å². The van der Waals surface area contributed by atoms with Crippen LogP contribution in [0.1, 0.15) is 26.5 Å². The summed E-state index contributed by atoms with van der Waals surface area (Å²) in [6.07, 6.45) is -0.468. The molecular formula is C13H21N3O3S. The van der Waals surface area contributed by atoms with E-state index in [2.05, 4.69) is 15.2 Å². The van der Waals surface area contributed by atoms with Gasteiger partial charge in [-0.25, -0.2) is 9.78 Å². The van der Waals surface area contributed by atoms with Crippen LogP contribution in [0.25, 0.3) is 0 Å². The van der Waals surface area contributed by atoms with Gasteiger partial charge >= 0.3 is 6.09 Å². The standard InChI is InChI=1S/C13H21N3O3S/c1-13(2,3)19-12(17)15-11-14-10(9-20-11)8-16-4-6-18-7-5-16/h9H,4-8H2,1-3H3,(H,14,15,17). The highest BCUT2D eigenvalue weighted by Crippen LogP contribution is 2.18. The summed E-state index contributed by atoms with van der Waals surface area (Å²) in [6.45, 7) is 9.67. The van der Waals surface area contributed by atoms with E-state index in [1.165, 1.54) is 11.3 Å². The molecule has 1 aromatic rings. The Morgan fingerprint density at radius 1 is 1.50 bits per heavy atom. The summed E-state index contributed by atoms with van der Waals surface area (Å²) in [7, 11) is 0. The van der Waals surface area contributed by atoms with E-state index in [9.17, 15) is 4.79 Å². The largest absolute Gasteiger partial charge is 0.444 e. The molecule has 1 N–H and O–H groups in total. The summed E-state index contributed by atoms with van der Waals surface area (Å²) in [5, 5.41) is 5.19. The lowest BCUT2D eigenvalue weighted by atomic mass is 10.2. The summed E-state index contributed by atoms with van der Waals surface area (Å²) < 4.78 is 10.5. The number of carbonyl (C=O) groups excluding carboxylic acids is 1. The number of anilines is 1. The number of morpholine rings is 1. The molecular weight excluding hydrogens is 278 g/mol. The first kappa shape index (κ1) is 15.2. The molecule has 0 radical (unpaired) electrons. The Kier molecular flexibility index (Phi) is 4.95. The van der Waals surface area contributed by atoms with Crippen LogP contribution < -0.4 is 5.32 Å². The van der Waals surface area contributed by atoms with E-state index in [4.69, 9.17) is 9.47 Å². The Hall–Kier alpha value is -1.18. The number of ether oxygens (including phenoxy) is 2. The lowest BCUT2D eigenvalue weighted by molar-refractivity contribution is 0.0337. The maximum atomic E-state index is 11.6. The highest BCUT2D eigenvalue weighted by molar-refractivity contribution is 7.13. The first-order valence-electron chi connectivity index (χ1n) is 6.67. The number of hydrogen-bond acceptors (Lipinski definition) is 6. The molecule has 7 heteroatoms. The minimum absolute atomic E-state index is 0.468. The number of aromatic nitrogens is 1. The van der Waals surface area contributed by atoms with Crippen molar-refractivity contribution in [2.45, 2.75) is 32.9 Å². The molecule has 6 nitrogen and oxygen atoms in total. The molecule has 1 saturated heterocycles. The lowest BCUT2D eigenvalue weighted by Gasteiger charge is -2.25. The van der Waals surface area contributed by atoms with Crippen LogP contribution in [0.5, 0.6) is 0 Å². The molecule has 0 unspecified atom stereocenters. The number of carbonyl (C=O) groups is 1.